The third-order valence-corrected chi connectivity index (χ3v) is 10.1. The first kappa shape index (κ1) is 60.3. The maximum atomic E-state index is 12.7. The van der Waals surface area contributed by atoms with E-state index in [4.69, 9.17) is 18.5 Å². The quantitative estimate of drug-likeness (QED) is 0.0152. The van der Waals surface area contributed by atoms with Crippen LogP contribution in [0, 0.1) is 0 Å². The highest BCUT2D eigenvalue weighted by Gasteiger charge is 2.21. The topological polar surface area (TPSA) is 152 Å². The van der Waals surface area contributed by atoms with Gasteiger partial charge < -0.3 is 38.1 Å². The lowest BCUT2D eigenvalue weighted by Crippen LogP contribution is -2.37. The second-order valence-electron chi connectivity index (χ2n) is 16.4. The summed E-state index contributed by atoms with van der Waals surface area (Å²) >= 11 is 0. The second kappa shape index (κ2) is 42.0. The van der Waals surface area contributed by atoms with E-state index in [-0.39, 0.29) is 26.1 Å². The molecule has 0 bridgehead atoms. The SMILES string of the molecule is CC/C=C\C[C@H](O)/C=C/C=C\C/C=C\C=C\[C@H](O)/C=C\CCCC(=O)O[C@H](COC(=O)CCCCC/C=C\C/C=C\C/C=C\C/C=C\CCCCC)COP(=O)([O-])OCC[N+](C)(C)C. The van der Waals surface area contributed by atoms with Crippen molar-refractivity contribution in [3.8, 4) is 0 Å². The molecule has 362 valence electrons. The number of carbonyl (C=O) groups excluding carboxylic acids is 2. The van der Waals surface area contributed by atoms with Crippen LogP contribution in [-0.2, 0) is 32.7 Å². The fourth-order valence-corrected chi connectivity index (χ4v) is 6.16. The van der Waals surface area contributed by atoms with Crippen LogP contribution in [0.1, 0.15) is 129 Å². The Hall–Kier alpha value is -3.67. The number of nitrogens with zero attached hydrogens (tertiary/aromatic N) is 1. The highest BCUT2D eigenvalue weighted by Crippen LogP contribution is 2.38. The molecule has 0 aromatic heterocycles. The number of unbranched alkanes of at least 4 members (excludes halogenated alkanes) is 7. The highest BCUT2D eigenvalue weighted by atomic mass is 31.2. The number of quaternary nitrogens is 1. The summed E-state index contributed by atoms with van der Waals surface area (Å²) in [5.41, 5.74) is 0. The zero-order valence-corrected chi connectivity index (χ0v) is 40.8. The van der Waals surface area contributed by atoms with Crippen LogP contribution in [0.15, 0.2) is 122 Å². The monoisotopic (exact) mass is 914 g/mol. The highest BCUT2D eigenvalue weighted by molar-refractivity contribution is 7.45. The molecule has 12 heteroatoms. The van der Waals surface area contributed by atoms with Gasteiger partial charge in [0.2, 0.25) is 0 Å². The number of rotatable bonds is 40. The molecule has 0 aliphatic rings. The minimum atomic E-state index is -4.70. The lowest BCUT2D eigenvalue weighted by Gasteiger charge is -2.28. The average Bonchev–Trinajstić information content (AvgIpc) is 3.24. The standard InChI is InChI=1S/C52H84NO10P/c1-6-8-10-11-12-13-14-15-16-17-18-19-20-21-22-23-27-30-36-42-51(56)60-46-50(47-62-64(58,59)61-45-44-53(3,4)5)63-52(57)43-37-31-35-41-49(55)40-34-29-26-24-25-28-33-39-48(54)38-32-9-7-2/h9,12-13,15-16,18-19,21-22,25-26,28-29,32-35,39-41,48-50,54-55H,6-8,10-11,14,17,20,23-24,27,30-31,36-38,42-47H2,1-5H3/b13-12-,16-15-,19-18-,22-21-,28-25-,29-26-,32-9-,39-33+,40-34+,41-35-/t48-,49-,50+/m0/s1. The summed E-state index contributed by atoms with van der Waals surface area (Å²) in [6.07, 6.45) is 51.6. The van der Waals surface area contributed by atoms with Crippen molar-refractivity contribution in [1.82, 2.24) is 0 Å². The van der Waals surface area contributed by atoms with E-state index in [2.05, 4.69) is 62.5 Å². The van der Waals surface area contributed by atoms with Crippen molar-refractivity contribution in [3.05, 3.63) is 122 Å². The molecule has 0 aromatic rings. The van der Waals surface area contributed by atoms with Crippen LogP contribution in [0.4, 0.5) is 0 Å². The van der Waals surface area contributed by atoms with Crippen molar-refractivity contribution in [2.24, 2.45) is 0 Å². The molecule has 0 rings (SSSR count). The molecule has 0 radical (unpaired) electrons. The molecule has 0 spiro atoms. The number of carbonyl (C=O) groups is 2. The largest absolute Gasteiger partial charge is 0.756 e. The fourth-order valence-electron chi connectivity index (χ4n) is 5.43. The summed E-state index contributed by atoms with van der Waals surface area (Å²) in [4.78, 5) is 37.6. The number of hydrogen-bond acceptors (Lipinski definition) is 10. The van der Waals surface area contributed by atoms with Gasteiger partial charge in [0.15, 0.2) is 6.10 Å². The van der Waals surface area contributed by atoms with Gasteiger partial charge in [-0.15, -0.1) is 0 Å². The van der Waals surface area contributed by atoms with E-state index >= 15 is 0 Å². The van der Waals surface area contributed by atoms with E-state index in [1.807, 2.05) is 63.7 Å². The summed E-state index contributed by atoms with van der Waals surface area (Å²) in [7, 11) is 0.993. The Morgan fingerprint density at radius 1 is 0.609 bits per heavy atom. The van der Waals surface area contributed by atoms with Crippen LogP contribution >= 0.6 is 7.82 Å². The number of ether oxygens (including phenoxy) is 2. The van der Waals surface area contributed by atoms with Crippen molar-refractivity contribution >= 4 is 19.8 Å². The normalized spacial score (nSPS) is 15.6. The maximum absolute atomic E-state index is 12.7. The lowest BCUT2D eigenvalue weighted by molar-refractivity contribution is -0.870. The van der Waals surface area contributed by atoms with Gasteiger partial charge in [-0.3, -0.25) is 14.2 Å². The van der Waals surface area contributed by atoms with Crippen LogP contribution in [-0.4, -0.2) is 92.5 Å². The maximum Gasteiger partial charge on any atom is 0.306 e. The first-order chi connectivity index (χ1) is 30.8. The molecule has 2 N–H and O–H groups in total. The third kappa shape index (κ3) is 44.9. The number of phosphoric acid groups is 1. The predicted octanol–water partition coefficient (Wildman–Crippen LogP) is 11.0. The number of hydrogen-bond donors (Lipinski definition) is 2. The van der Waals surface area contributed by atoms with Gasteiger partial charge >= 0.3 is 11.9 Å². The summed E-state index contributed by atoms with van der Waals surface area (Å²) in [6, 6.07) is 0. The number of allylic oxidation sites excluding steroid dienone is 16. The van der Waals surface area contributed by atoms with Gasteiger partial charge in [0, 0.05) is 12.8 Å². The molecular formula is C52H84NO10P. The van der Waals surface area contributed by atoms with Gasteiger partial charge in [-0.2, -0.15) is 0 Å². The Labute approximate surface area is 387 Å². The smallest absolute Gasteiger partial charge is 0.306 e. The third-order valence-electron chi connectivity index (χ3n) is 9.14. The van der Waals surface area contributed by atoms with Gasteiger partial charge in [-0.1, -0.05) is 155 Å². The molecule has 0 heterocycles. The fraction of sp³-hybridized carbons (Fsp3) is 0.577. The Balaban J connectivity index is 4.66. The molecule has 0 aliphatic carbocycles. The van der Waals surface area contributed by atoms with E-state index < -0.39 is 44.7 Å². The number of phosphoric ester groups is 1. The predicted molar refractivity (Wildman–Crippen MR) is 261 cm³/mol. The molecule has 0 saturated heterocycles. The van der Waals surface area contributed by atoms with Crippen molar-refractivity contribution in [3.63, 3.8) is 0 Å². The van der Waals surface area contributed by atoms with Gasteiger partial charge in [-0.25, -0.2) is 0 Å². The molecule has 0 aliphatic heterocycles. The van der Waals surface area contributed by atoms with E-state index in [1.165, 1.54) is 25.7 Å². The van der Waals surface area contributed by atoms with E-state index in [1.54, 1.807) is 30.4 Å². The Bertz CT molecular complexity index is 1530. The number of aliphatic hydroxyl groups is 2. The molecular weight excluding hydrogens is 830 g/mol. The van der Waals surface area contributed by atoms with Crippen molar-refractivity contribution in [2.45, 2.75) is 148 Å². The Morgan fingerprint density at radius 3 is 1.81 bits per heavy atom. The van der Waals surface area contributed by atoms with Crippen molar-refractivity contribution in [1.29, 1.82) is 0 Å². The van der Waals surface area contributed by atoms with Crippen LogP contribution in [0.5, 0.6) is 0 Å². The minimum Gasteiger partial charge on any atom is -0.756 e. The van der Waals surface area contributed by atoms with Crippen LogP contribution < -0.4 is 4.89 Å². The molecule has 0 aromatic carbocycles. The zero-order valence-electron chi connectivity index (χ0n) is 39.9. The van der Waals surface area contributed by atoms with Gasteiger partial charge in [0.25, 0.3) is 7.82 Å². The van der Waals surface area contributed by atoms with Crippen LogP contribution in [0.25, 0.3) is 0 Å². The molecule has 1 unspecified atom stereocenters. The molecule has 64 heavy (non-hydrogen) atoms. The molecule has 0 fully saturated rings. The van der Waals surface area contributed by atoms with Crippen LogP contribution in [0.3, 0.4) is 0 Å². The number of likely N-dealkylation sites (N-methyl/N-ethyl adjacent to an activating group) is 1. The van der Waals surface area contributed by atoms with E-state index in [9.17, 15) is 29.3 Å². The van der Waals surface area contributed by atoms with Crippen LogP contribution in [0.2, 0.25) is 0 Å². The summed E-state index contributed by atoms with van der Waals surface area (Å²) < 4.78 is 33.7. The van der Waals surface area contributed by atoms with Crippen molar-refractivity contribution < 1.29 is 52.3 Å². The van der Waals surface area contributed by atoms with Gasteiger partial charge in [0.05, 0.1) is 40.0 Å². The Kier molecular flexibility index (Phi) is 39.6. The number of esters is 2. The lowest BCUT2D eigenvalue weighted by atomic mass is 10.1. The molecule has 0 saturated carbocycles. The molecule has 11 nitrogen and oxygen atoms in total. The number of aliphatic hydroxyl groups excluding tert-OH is 2. The van der Waals surface area contributed by atoms with Gasteiger partial charge in [0.1, 0.15) is 19.8 Å². The van der Waals surface area contributed by atoms with Gasteiger partial charge in [-0.05, 0) is 83.5 Å². The molecule has 4 atom stereocenters. The average molecular weight is 914 g/mol. The van der Waals surface area contributed by atoms with Crippen molar-refractivity contribution in [2.75, 3.05) is 47.5 Å². The molecule has 0 amide bonds. The zero-order chi connectivity index (χ0) is 47.4. The minimum absolute atomic E-state index is 0.0233. The van der Waals surface area contributed by atoms with E-state index in [0.717, 1.165) is 44.9 Å². The summed E-state index contributed by atoms with van der Waals surface area (Å²) in [5, 5.41) is 20.1. The first-order valence-electron chi connectivity index (χ1n) is 23.5. The summed E-state index contributed by atoms with van der Waals surface area (Å²) in [5.74, 6) is -1.07. The second-order valence-corrected chi connectivity index (χ2v) is 17.8. The Morgan fingerprint density at radius 2 is 1.19 bits per heavy atom. The van der Waals surface area contributed by atoms with E-state index in [0.29, 0.717) is 43.1 Å². The summed E-state index contributed by atoms with van der Waals surface area (Å²) in [6.45, 7) is 3.71. The first-order valence-corrected chi connectivity index (χ1v) is 24.9.